The number of nitrogens with zero attached hydrogens (tertiary/aromatic N) is 4. The molecule has 5 nitrogen and oxygen atoms in total. The number of para-hydroxylation sites is 3. The molecule has 4 aromatic heterocycles. The van der Waals surface area contributed by atoms with Gasteiger partial charge in [0.15, 0.2) is 5.58 Å². The van der Waals surface area contributed by atoms with Crippen molar-refractivity contribution in [2.24, 2.45) is 0 Å². The number of rotatable bonds is 5. The van der Waals surface area contributed by atoms with Gasteiger partial charge in [-0.05, 0) is 99.8 Å². The SMILES string of the molecule is c1ccc(-n2c3ccccc3c3ccc(-c4ccc5c6ccccc6n(-c6cccc(-c7ncnc8c7oc7ccc(-c9ccc%10ccccc%10c9)cc78)c6)c5c4)cc32)cc1. The largest absolute Gasteiger partial charge is 0.452 e. The van der Waals surface area contributed by atoms with Crippen LogP contribution in [0.4, 0.5) is 0 Å². The van der Waals surface area contributed by atoms with Gasteiger partial charge in [0.25, 0.3) is 0 Å². The maximum atomic E-state index is 6.59. The Morgan fingerprint density at radius 1 is 0.344 bits per heavy atom. The van der Waals surface area contributed by atoms with Crippen molar-refractivity contribution in [1.82, 2.24) is 19.1 Å². The Hall–Kier alpha value is -8.28. The lowest BCUT2D eigenvalue weighted by molar-refractivity contribution is 0.667. The van der Waals surface area contributed by atoms with Crippen LogP contribution >= 0.6 is 0 Å². The molecule has 0 unspecified atom stereocenters. The van der Waals surface area contributed by atoms with Crippen molar-refractivity contribution >= 4 is 76.5 Å². The van der Waals surface area contributed by atoms with Crippen molar-refractivity contribution in [3.63, 3.8) is 0 Å². The van der Waals surface area contributed by atoms with Crippen LogP contribution in [0.15, 0.2) is 211 Å². The van der Waals surface area contributed by atoms with Crippen molar-refractivity contribution in [1.29, 1.82) is 0 Å². The van der Waals surface area contributed by atoms with E-state index in [1.165, 1.54) is 43.4 Å². The Morgan fingerprint density at radius 3 is 1.67 bits per heavy atom. The normalized spacial score (nSPS) is 11.9. The molecule has 0 amide bonds. The van der Waals surface area contributed by atoms with Gasteiger partial charge >= 0.3 is 0 Å². The number of fused-ring (bicyclic) bond motifs is 10. The van der Waals surface area contributed by atoms with Gasteiger partial charge in [0.2, 0.25) is 0 Å². The van der Waals surface area contributed by atoms with E-state index >= 15 is 0 Å². The molecule has 0 saturated carbocycles. The van der Waals surface area contributed by atoms with Crippen molar-refractivity contribution in [3.05, 3.63) is 207 Å². The van der Waals surface area contributed by atoms with E-state index in [1.807, 2.05) is 0 Å². The smallest absolute Gasteiger partial charge is 0.180 e. The number of benzene rings is 9. The third-order valence-corrected chi connectivity index (χ3v) is 12.4. The summed E-state index contributed by atoms with van der Waals surface area (Å²) in [5, 5.41) is 8.31. The molecule has 13 rings (SSSR count). The Morgan fingerprint density at radius 2 is 0.918 bits per heavy atom. The van der Waals surface area contributed by atoms with Crippen LogP contribution < -0.4 is 0 Å². The quantitative estimate of drug-likeness (QED) is 0.175. The second kappa shape index (κ2) is 13.1. The first-order valence-electron chi connectivity index (χ1n) is 20.6. The van der Waals surface area contributed by atoms with Gasteiger partial charge in [0.1, 0.15) is 23.1 Å². The summed E-state index contributed by atoms with van der Waals surface area (Å²) in [5.74, 6) is 0. The fourth-order valence-electron chi connectivity index (χ4n) is 9.56. The fraction of sp³-hybridized carbons (Fsp3) is 0. The van der Waals surface area contributed by atoms with Gasteiger partial charge in [-0.1, -0.05) is 133 Å². The summed E-state index contributed by atoms with van der Waals surface area (Å²) in [7, 11) is 0. The zero-order chi connectivity index (χ0) is 40.0. The second-order valence-electron chi connectivity index (χ2n) is 15.8. The number of furan rings is 1. The Balaban J connectivity index is 0.947. The first-order chi connectivity index (χ1) is 30.2. The van der Waals surface area contributed by atoms with E-state index < -0.39 is 0 Å². The average Bonchev–Trinajstić information content (AvgIpc) is 3.98. The molecule has 0 N–H and O–H groups in total. The third-order valence-electron chi connectivity index (χ3n) is 12.4. The number of hydrogen-bond acceptors (Lipinski definition) is 3. The predicted octanol–water partition coefficient (Wildman–Crippen LogP) is 14.7. The van der Waals surface area contributed by atoms with Crippen LogP contribution in [0.5, 0.6) is 0 Å². The minimum absolute atomic E-state index is 0.679. The van der Waals surface area contributed by atoms with E-state index in [0.29, 0.717) is 5.58 Å². The summed E-state index contributed by atoms with van der Waals surface area (Å²) in [4.78, 5) is 9.62. The molecule has 0 saturated heterocycles. The molecule has 0 aliphatic heterocycles. The maximum absolute atomic E-state index is 6.59. The fourth-order valence-corrected chi connectivity index (χ4v) is 9.56. The van der Waals surface area contributed by atoms with E-state index in [2.05, 4.69) is 209 Å². The first-order valence-corrected chi connectivity index (χ1v) is 20.6. The van der Waals surface area contributed by atoms with E-state index in [4.69, 9.17) is 14.4 Å². The number of aromatic nitrogens is 4. The summed E-state index contributed by atoms with van der Waals surface area (Å²) < 4.78 is 11.3. The predicted molar refractivity (Wildman–Crippen MR) is 252 cm³/mol. The molecule has 0 atom stereocenters. The van der Waals surface area contributed by atoms with Crippen LogP contribution in [-0.4, -0.2) is 19.1 Å². The Bertz CT molecular complexity index is 3890. The third kappa shape index (κ3) is 5.21. The van der Waals surface area contributed by atoms with Crippen molar-refractivity contribution in [2.75, 3.05) is 0 Å². The molecule has 0 radical (unpaired) electrons. The second-order valence-corrected chi connectivity index (χ2v) is 15.8. The highest BCUT2D eigenvalue weighted by Gasteiger charge is 2.19. The van der Waals surface area contributed by atoms with Crippen LogP contribution in [0, 0.1) is 0 Å². The van der Waals surface area contributed by atoms with Crippen molar-refractivity contribution < 1.29 is 4.42 Å². The lowest BCUT2D eigenvalue weighted by atomic mass is 10.00. The minimum Gasteiger partial charge on any atom is -0.452 e. The first kappa shape index (κ1) is 33.7. The van der Waals surface area contributed by atoms with Crippen molar-refractivity contribution in [3.8, 4) is 44.9 Å². The van der Waals surface area contributed by atoms with Gasteiger partial charge in [-0.2, -0.15) is 0 Å². The summed E-state index contributed by atoms with van der Waals surface area (Å²) in [6, 6.07) is 71.8. The van der Waals surface area contributed by atoms with Crippen molar-refractivity contribution in [2.45, 2.75) is 0 Å². The molecule has 5 heteroatoms. The zero-order valence-electron chi connectivity index (χ0n) is 32.8. The monoisotopic (exact) mass is 778 g/mol. The molecular formula is C56H34N4O. The summed E-state index contributed by atoms with van der Waals surface area (Å²) in [6.07, 6.45) is 1.66. The summed E-state index contributed by atoms with van der Waals surface area (Å²) >= 11 is 0. The zero-order valence-corrected chi connectivity index (χ0v) is 32.8. The van der Waals surface area contributed by atoms with Crippen LogP contribution in [0.3, 0.4) is 0 Å². The molecule has 0 aliphatic carbocycles. The molecule has 284 valence electrons. The average molecular weight is 779 g/mol. The van der Waals surface area contributed by atoms with Crippen LogP contribution in [0.2, 0.25) is 0 Å². The van der Waals surface area contributed by atoms with Gasteiger partial charge in [-0.3, -0.25) is 0 Å². The van der Waals surface area contributed by atoms with Gasteiger partial charge in [0, 0.05) is 43.9 Å². The standard InChI is InChI=1S/C56H34N4O/c1-2-14-42(15-3-1)59-49-19-8-6-17-44(49)46-26-23-39(32-51(46)59)40-24-27-47-45-18-7-9-20-50(45)60(52(47)33-40)43-16-10-13-41(30-43)54-56-55(58-34-57-54)48-31-38(25-28-53(48)61-56)37-22-21-35-11-4-5-12-36(35)29-37/h1-34H. The maximum Gasteiger partial charge on any atom is 0.180 e. The van der Waals surface area contributed by atoms with Crippen LogP contribution in [-0.2, 0) is 0 Å². The van der Waals surface area contributed by atoms with Gasteiger partial charge in [0.05, 0.1) is 22.1 Å². The van der Waals surface area contributed by atoms with Gasteiger partial charge in [-0.15, -0.1) is 0 Å². The van der Waals surface area contributed by atoms with Crippen LogP contribution in [0.1, 0.15) is 0 Å². The number of hydrogen-bond donors (Lipinski definition) is 0. The highest BCUT2D eigenvalue weighted by atomic mass is 16.3. The molecule has 0 spiro atoms. The van der Waals surface area contributed by atoms with E-state index in [-0.39, 0.29) is 0 Å². The lowest BCUT2D eigenvalue weighted by Crippen LogP contribution is -1.95. The Labute approximate surface area is 350 Å². The van der Waals surface area contributed by atoms with E-state index in [9.17, 15) is 0 Å². The summed E-state index contributed by atoms with van der Waals surface area (Å²) in [5.41, 5.74) is 15.4. The topological polar surface area (TPSA) is 48.8 Å². The summed E-state index contributed by atoms with van der Waals surface area (Å²) in [6.45, 7) is 0. The Kier molecular flexibility index (Phi) is 7.24. The van der Waals surface area contributed by atoms with Gasteiger partial charge < -0.3 is 13.6 Å². The molecule has 13 aromatic rings. The molecule has 0 aliphatic rings. The highest BCUT2D eigenvalue weighted by Crippen LogP contribution is 2.40. The van der Waals surface area contributed by atoms with Gasteiger partial charge in [-0.25, -0.2) is 9.97 Å². The molecule has 9 aromatic carbocycles. The molecule has 0 bridgehead atoms. The van der Waals surface area contributed by atoms with E-state index in [1.54, 1.807) is 6.33 Å². The van der Waals surface area contributed by atoms with E-state index in [0.717, 1.165) is 72.4 Å². The minimum atomic E-state index is 0.679. The lowest BCUT2D eigenvalue weighted by Gasteiger charge is -2.11. The van der Waals surface area contributed by atoms with Crippen LogP contribution in [0.25, 0.3) is 121 Å². The highest BCUT2D eigenvalue weighted by molar-refractivity contribution is 6.13. The molecule has 61 heavy (non-hydrogen) atoms. The molecule has 4 heterocycles. The molecular weight excluding hydrogens is 745 g/mol. The molecule has 0 fully saturated rings.